The molecule has 0 fully saturated rings. The van der Waals surface area contributed by atoms with Crippen molar-refractivity contribution in [2.75, 3.05) is 0 Å². The molecule has 10 aromatic rings. The van der Waals surface area contributed by atoms with Crippen molar-refractivity contribution in [3.8, 4) is 67.3 Å². The van der Waals surface area contributed by atoms with Gasteiger partial charge in [-0.2, -0.15) is 9.97 Å². The van der Waals surface area contributed by atoms with Crippen molar-refractivity contribution in [1.29, 1.82) is 0 Å². The minimum atomic E-state index is 0.157. The van der Waals surface area contributed by atoms with Gasteiger partial charge < -0.3 is 0 Å². The lowest BCUT2D eigenvalue weighted by atomic mass is 9.88. The molecule has 0 bridgehead atoms. The number of hydrogen-bond donors (Lipinski definition) is 0. The third-order valence-corrected chi connectivity index (χ3v) is 11.3. The SMILES string of the molecule is Clc1nc(-c2cccc(-c3ccc4ccc(-c5ccccc5)c(-c5ccccc5)c4c3)c2)nc(-c2cc(-c3ccccc3)c3c(c2)sc2ccccc23)n1. The molecule has 0 saturated carbocycles. The highest BCUT2D eigenvalue weighted by Crippen LogP contribution is 2.43. The molecule has 0 atom stereocenters. The Morgan fingerprint density at radius 3 is 1.72 bits per heavy atom. The molecule has 0 aliphatic heterocycles. The molecule has 0 saturated heterocycles. The van der Waals surface area contributed by atoms with Crippen LogP contribution in [-0.2, 0) is 0 Å². The summed E-state index contributed by atoms with van der Waals surface area (Å²) in [4.78, 5) is 14.3. The zero-order valence-electron chi connectivity index (χ0n) is 28.9. The van der Waals surface area contributed by atoms with E-state index >= 15 is 0 Å². The van der Waals surface area contributed by atoms with Crippen LogP contribution in [0.2, 0.25) is 5.28 Å². The number of rotatable bonds is 6. The second-order valence-electron chi connectivity index (χ2n) is 13.3. The van der Waals surface area contributed by atoms with Gasteiger partial charge in [-0.25, -0.2) is 4.98 Å². The molecule has 5 heteroatoms. The van der Waals surface area contributed by atoms with Gasteiger partial charge in [0.05, 0.1) is 0 Å². The Hall–Kier alpha value is -6.46. The summed E-state index contributed by atoms with van der Waals surface area (Å²) in [6, 6.07) is 64.3. The Labute approximate surface area is 321 Å². The Balaban J connectivity index is 1.09. The molecule has 0 radical (unpaired) electrons. The summed E-state index contributed by atoms with van der Waals surface area (Å²) in [5.74, 6) is 1.07. The minimum Gasteiger partial charge on any atom is -0.208 e. The molecule has 0 amide bonds. The van der Waals surface area contributed by atoms with E-state index in [-0.39, 0.29) is 5.28 Å². The van der Waals surface area contributed by atoms with E-state index in [2.05, 4.69) is 180 Å². The number of benzene rings is 8. The van der Waals surface area contributed by atoms with Crippen LogP contribution in [0, 0.1) is 0 Å². The Morgan fingerprint density at radius 1 is 0.370 bits per heavy atom. The van der Waals surface area contributed by atoms with Crippen LogP contribution in [-0.4, -0.2) is 15.0 Å². The Morgan fingerprint density at radius 2 is 0.963 bits per heavy atom. The van der Waals surface area contributed by atoms with Gasteiger partial charge in [-0.05, 0) is 97.2 Å². The van der Waals surface area contributed by atoms with E-state index in [0.717, 1.165) is 33.4 Å². The second-order valence-corrected chi connectivity index (χ2v) is 14.8. The molecule has 0 aliphatic carbocycles. The predicted octanol–water partition coefficient (Wildman–Crippen LogP) is 14.0. The topological polar surface area (TPSA) is 38.7 Å². The molecule has 2 heterocycles. The number of fused-ring (bicyclic) bond motifs is 4. The van der Waals surface area contributed by atoms with E-state index in [1.807, 2.05) is 12.1 Å². The molecular weight excluding hydrogens is 698 g/mol. The molecule has 0 spiro atoms. The lowest BCUT2D eigenvalue weighted by Gasteiger charge is -2.15. The zero-order valence-corrected chi connectivity index (χ0v) is 30.5. The average Bonchev–Trinajstić information content (AvgIpc) is 3.62. The van der Waals surface area contributed by atoms with Gasteiger partial charge in [-0.15, -0.1) is 11.3 Å². The third kappa shape index (κ3) is 5.82. The maximum Gasteiger partial charge on any atom is 0.226 e. The number of thiophene rings is 1. The van der Waals surface area contributed by atoms with Gasteiger partial charge in [0.2, 0.25) is 5.28 Å². The van der Waals surface area contributed by atoms with Crippen LogP contribution in [0.5, 0.6) is 0 Å². The molecule has 2 aromatic heterocycles. The quantitative estimate of drug-likeness (QED) is 0.171. The molecule has 8 aromatic carbocycles. The van der Waals surface area contributed by atoms with Crippen LogP contribution >= 0.6 is 22.9 Å². The fourth-order valence-electron chi connectivity index (χ4n) is 7.55. The van der Waals surface area contributed by atoms with Gasteiger partial charge in [0, 0.05) is 31.3 Å². The van der Waals surface area contributed by atoms with Crippen LogP contribution in [0.4, 0.5) is 0 Å². The maximum atomic E-state index is 6.69. The highest BCUT2D eigenvalue weighted by Gasteiger charge is 2.18. The van der Waals surface area contributed by atoms with Gasteiger partial charge in [-0.3, -0.25) is 0 Å². The molecule has 3 nitrogen and oxygen atoms in total. The molecule has 254 valence electrons. The van der Waals surface area contributed by atoms with Gasteiger partial charge >= 0.3 is 0 Å². The van der Waals surface area contributed by atoms with Crippen molar-refractivity contribution < 1.29 is 0 Å². The summed E-state index contributed by atoms with van der Waals surface area (Å²) in [5, 5.41) is 5.02. The van der Waals surface area contributed by atoms with Gasteiger partial charge in [0.1, 0.15) is 0 Å². The summed E-state index contributed by atoms with van der Waals surface area (Å²) in [5.41, 5.74) is 11.0. The van der Waals surface area contributed by atoms with Crippen LogP contribution in [0.3, 0.4) is 0 Å². The highest BCUT2D eigenvalue weighted by atomic mass is 35.5. The second kappa shape index (κ2) is 13.5. The van der Waals surface area contributed by atoms with Crippen molar-refractivity contribution in [1.82, 2.24) is 15.0 Å². The fraction of sp³-hybridized carbons (Fsp3) is 0. The summed E-state index contributed by atoms with van der Waals surface area (Å²) >= 11 is 8.47. The molecule has 0 aliphatic rings. The number of halogens is 1. The van der Waals surface area contributed by atoms with Crippen molar-refractivity contribution in [3.05, 3.63) is 187 Å². The monoisotopic (exact) mass is 727 g/mol. The molecule has 10 rings (SSSR count). The molecule has 54 heavy (non-hydrogen) atoms. The van der Waals surface area contributed by atoms with Crippen molar-refractivity contribution in [2.24, 2.45) is 0 Å². The van der Waals surface area contributed by atoms with E-state index in [1.54, 1.807) is 11.3 Å². The zero-order chi connectivity index (χ0) is 36.0. The fourth-order valence-corrected chi connectivity index (χ4v) is 8.88. The van der Waals surface area contributed by atoms with Gasteiger partial charge in [0.25, 0.3) is 0 Å². The Bertz CT molecular complexity index is 3000. The summed E-state index contributed by atoms with van der Waals surface area (Å²) in [7, 11) is 0. The molecular formula is C49H30ClN3S. The van der Waals surface area contributed by atoms with E-state index in [4.69, 9.17) is 16.6 Å². The normalized spacial score (nSPS) is 11.4. The maximum absolute atomic E-state index is 6.69. The first kappa shape index (κ1) is 32.2. The van der Waals surface area contributed by atoms with Crippen LogP contribution in [0.15, 0.2) is 182 Å². The van der Waals surface area contributed by atoms with E-state index in [9.17, 15) is 0 Å². The van der Waals surface area contributed by atoms with Gasteiger partial charge in [0.15, 0.2) is 11.6 Å². The molecule has 0 N–H and O–H groups in total. The summed E-state index contributed by atoms with van der Waals surface area (Å²) in [6.07, 6.45) is 0. The smallest absolute Gasteiger partial charge is 0.208 e. The largest absolute Gasteiger partial charge is 0.226 e. The standard InChI is InChI=1S/C49H30ClN3S/c50-49-52-47(51-48(53-49)38-29-42(32-15-6-2-7-16-32)46-40-21-10-11-22-43(40)54-44(46)30-38)37-20-12-19-35(27-37)36-24-23-33-25-26-39(31-13-4-1-5-14-31)45(41(33)28-36)34-17-8-3-9-18-34/h1-30H. The lowest BCUT2D eigenvalue weighted by molar-refractivity contribution is 1.07. The van der Waals surface area contributed by atoms with E-state index < -0.39 is 0 Å². The third-order valence-electron chi connectivity index (χ3n) is 10.1. The first-order valence-electron chi connectivity index (χ1n) is 17.9. The highest BCUT2D eigenvalue weighted by molar-refractivity contribution is 7.26. The van der Waals surface area contributed by atoms with Crippen LogP contribution in [0.25, 0.3) is 98.2 Å². The first-order chi connectivity index (χ1) is 26.7. The van der Waals surface area contributed by atoms with Crippen LogP contribution < -0.4 is 0 Å². The average molecular weight is 728 g/mol. The lowest BCUT2D eigenvalue weighted by Crippen LogP contribution is -1.98. The van der Waals surface area contributed by atoms with Crippen molar-refractivity contribution in [2.45, 2.75) is 0 Å². The minimum absolute atomic E-state index is 0.157. The van der Waals surface area contributed by atoms with Crippen LogP contribution in [0.1, 0.15) is 0 Å². The number of hydrogen-bond acceptors (Lipinski definition) is 4. The molecule has 0 unspecified atom stereocenters. The predicted molar refractivity (Wildman–Crippen MR) is 228 cm³/mol. The Kier molecular flexibility index (Phi) is 8.06. The number of aromatic nitrogens is 3. The van der Waals surface area contributed by atoms with E-state index in [0.29, 0.717) is 11.6 Å². The van der Waals surface area contributed by atoms with Crippen molar-refractivity contribution in [3.63, 3.8) is 0 Å². The number of nitrogens with zero attached hydrogens (tertiary/aromatic N) is 3. The van der Waals surface area contributed by atoms with E-state index in [1.165, 1.54) is 53.2 Å². The summed E-state index contributed by atoms with van der Waals surface area (Å²) < 4.78 is 2.42. The van der Waals surface area contributed by atoms with Gasteiger partial charge in [-0.1, -0.05) is 152 Å². The summed E-state index contributed by atoms with van der Waals surface area (Å²) in [6.45, 7) is 0. The first-order valence-corrected chi connectivity index (χ1v) is 19.1. The van der Waals surface area contributed by atoms with Crippen molar-refractivity contribution >= 4 is 53.9 Å².